The maximum atomic E-state index is 12.6. The first-order valence-electron chi connectivity index (χ1n) is 9.42. The van der Waals surface area contributed by atoms with E-state index in [2.05, 4.69) is 10.3 Å². The minimum Gasteiger partial charge on any atom is -0.467 e. The third-order valence-electron chi connectivity index (χ3n) is 4.50. The molecule has 0 saturated carbocycles. The number of nitrogens with one attached hydrogen (secondary N) is 1. The van der Waals surface area contributed by atoms with E-state index in [9.17, 15) is 14.4 Å². The molecule has 7 heteroatoms. The number of nitrogens with zero attached hydrogens (tertiary/aromatic N) is 1. The third-order valence-corrected chi connectivity index (χ3v) is 4.50. The number of carbonyl (C=O) groups is 3. The van der Waals surface area contributed by atoms with E-state index in [4.69, 9.17) is 9.47 Å². The Morgan fingerprint density at radius 1 is 1.03 bits per heavy atom. The zero-order chi connectivity index (χ0) is 21.5. The Labute approximate surface area is 174 Å². The van der Waals surface area contributed by atoms with E-state index in [1.807, 2.05) is 36.4 Å². The average molecular weight is 406 g/mol. The van der Waals surface area contributed by atoms with Gasteiger partial charge in [0.25, 0.3) is 5.91 Å². The Bertz CT molecular complexity index is 1070. The lowest BCUT2D eigenvalue weighted by molar-refractivity contribution is -0.145. The molecule has 1 amide bonds. The fraction of sp³-hybridized carbons (Fsp3) is 0.217. The van der Waals surface area contributed by atoms with Gasteiger partial charge in [-0.1, -0.05) is 48.5 Å². The van der Waals surface area contributed by atoms with E-state index in [0.29, 0.717) is 22.2 Å². The molecule has 7 nitrogen and oxygen atoms in total. The minimum absolute atomic E-state index is 0.265. The Morgan fingerprint density at radius 2 is 1.73 bits per heavy atom. The van der Waals surface area contributed by atoms with Crippen molar-refractivity contribution in [3.8, 4) is 0 Å². The van der Waals surface area contributed by atoms with Gasteiger partial charge in [0.15, 0.2) is 6.61 Å². The van der Waals surface area contributed by atoms with Gasteiger partial charge in [0.05, 0.1) is 18.2 Å². The first-order chi connectivity index (χ1) is 14.5. The highest BCUT2D eigenvalue weighted by atomic mass is 16.5. The van der Waals surface area contributed by atoms with Crippen molar-refractivity contribution in [3.05, 3.63) is 77.5 Å². The molecule has 0 aliphatic heterocycles. The average Bonchev–Trinajstić information content (AvgIpc) is 2.76. The second kappa shape index (κ2) is 9.65. The molecule has 0 bridgehead atoms. The van der Waals surface area contributed by atoms with Crippen molar-refractivity contribution in [3.63, 3.8) is 0 Å². The Morgan fingerprint density at radius 3 is 2.47 bits per heavy atom. The molecule has 0 aliphatic carbocycles. The maximum absolute atomic E-state index is 12.6. The van der Waals surface area contributed by atoms with Gasteiger partial charge in [-0.3, -0.25) is 9.78 Å². The molecule has 3 rings (SSSR count). The molecule has 0 spiro atoms. The monoisotopic (exact) mass is 406 g/mol. The van der Waals surface area contributed by atoms with Gasteiger partial charge in [-0.15, -0.1) is 0 Å². The van der Waals surface area contributed by atoms with E-state index in [-0.39, 0.29) is 6.42 Å². The lowest BCUT2D eigenvalue weighted by Crippen LogP contribution is -2.44. The molecule has 1 N–H and O–H groups in total. The predicted octanol–water partition coefficient (Wildman–Crippen LogP) is 2.60. The molecule has 1 aromatic heterocycles. The molecule has 0 fully saturated rings. The first-order valence-corrected chi connectivity index (χ1v) is 9.42. The van der Waals surface area contributed by atoms with Gasteiger partial charge in [0.2, 0.25) is 0 Å². The number of methoxy groups -OCH3 is 1. The summed E-state index contributed by atoms with van der Waals surface area (Å²) in [5, 5.41) is 3.21. The van der Waals surface area contributed by atoms with Crippen LogP contribution in [0.5, 0.6) is 0 Å². The largest absolute Gasteiger partial charge is 0.467 e. The van der Waals surface area contributed by atoms with Crippen LogP contribution < -0.4 is 5.32 Å². The molecule has 0 unspecified atom stereocenters. The molecule has 154 valence electrons. The summed E-state index contributed by atoms with van der Waals surface area (Å²) in [5.74, 6) is -1.80. The van der Waals surface area contributed by atoms with Crippen LogP contribution >= 0.6 is 0 Å². The van der Waals surface area contributed by atoms with Crippen molar-refractivity contribution in [1.82, 2.24) is 10.3 Å². The van der Waals surface area contributed by atoms with Crippen molar-refractivity contribution >= 4 is 28.7 Å². The summed E-state index contributed by atoms with van der Waals surface area (Å²) in [7, 11) is 1.25. The van der Waals surface area contributed by atoms with Gasteiger partial charge in [0, 0.05) is 17.5 Å². The topological polar surface area (TPSA) is 94.6 Å². The summed E-state index contributed by atoms with van der Waals surface area (Å²) in [4.78, 5) is 41.3. The van der Waals surface area contributed by atoms with Crippen LogP contribution in [-0.4, -0.2) is 42.6 Å². The number of amides is 1. The van der Waals surface area contributed by atoms with Gasteiger partial charge in [-0.25, -0.2) is 9.59 Å². The molecular formula is C23H22N2O5. The number of pyridine rings is 1. The van der Waals surface area contributed by atoms with Gasteiger partial charge in [-0.2, -0.15) is 0 Å². The van der Waals surface area contributed by atoms with Gasteiger partial charge >= 0.3 is 11.9 Å². The van der Waals surface area contributed by atoms with Crippen molar-refractivity contribution in [2.75, 3.05) is 13.7 Å². The summed E-state index contributed by atoms with van der Waals surface area (Å²) in [6.07, 6.45) is 0.265. The fourth-order valence-electron chi connectivity index (χ4n) is 3.11. The Kier molecular flexibility index (Phi) is 6.75. The van der Waals surface area contributed by atoms with Crippen molar-refractivity contribution in [2.45, 2.75) is 19.4 Å². The zero-order valence-electron chi connectivity index (χ0n) is 16.8. The number of hydrogen-bond acceptors (Lipinski definition) is 6. The second-order valence-corrected chi connectivity index (χ2v) is 6.74. The standard InChI is InChI=1S/C23H22N2O5/c1-15-12-18(17-10-6-7-11-19(17)24-15)22(27)30-14-21(26)25-20(23(28)29-2)13-16-8-4-3-5-9-16/h3-12,20H,13-14H2,1-2H3,(H,25,26)/t20-/m0/s1. The van der Waals surface area contributed by atoms with Gasteiger partial charge in [0.1, 0.15) is 6.04 Å². The minimum atomic E-state index is -0.882. The van der Waals surface area contributed by atoms with Crippen LogP contribution in [0, 0.1) is 6.92 Å². The first kappa shape index (κ1) is 21.0. The lowest BCUT2D eigenvalue weighted by atomic mass is 10.1. The summed E-state index contributed by atoms with van der Waals surface area (Å²) < 4.78 is 9.96. The zero-order valence-corrected chi connectivity index (χ0v) is 16.8. The number of benzene rings is 2. The maximum Gasteiger partial charge on any atom is 0.339 e. The number of hydrogen-bond donors (Lipinski definition) is 1. The number of rotatable bonds is 7. The second-order valence-electron chi connectivity index (χ2n) is 6.74. The molecule has 3 aromatic rings. The molecule has 0 saturated heterocycles. The number of carbonyl (C=O) groups excluding carboxylic acids is 3. The van der Waals surface area contributed by atoms with Crippen LogP contribution in [0.25, 0.3) is 10.9 Å². The molecule has 30 heavy (non-hydrogen) atoms. The summed E-state index contributed by atoms with van der Waals surface area (Å²) >= 11 is 0. The van der Waals surface area contributed by atoms with Crippen LogP contribution in [0.4, 0.5) is 0 Å². The van der Waals surface area contributed by atoms with Crippen molar-refractivity contribution in [2.24, 2.45) is 0 Å². The SMILES string of the molecule is COC(=O)[C@H](Cc1ccccc1)NC(=O)COC(=O)c1cc(C)nc2ccccc12. The summed E-state index contributed by atoms with van der Waals surface area (Å²) in [6.45, 7) is 1.26. The van der Waals surface area contributed by atoms with E-state index in [1.54, 1.807) is 31.2 Å². The van der Waals surface area contributed by atoms with E-state index >= 15 is 0 Å². The third kappa shape index (κ3) is 5.20. The summed E-state index contributed by atoms with van der Waals surface area (Å²) in [5.41, 5.74) is 2.53. The molecule has 0 radical (unpaired) electrons. The molecule has 0 aliphatic rings. The van der Waals surface area contributed by atoms with Crippen LogP contribution in [0.1, 0.15) is 21.6 Å². The van der Waals surface area contributed by atoms with Crippen LogP contribution in [0.2, 0.25) is 0 Å². The number of ether oxygens (including phenoxy) is 2. The Hall–Kier alpha value is -3.74. The van der Waals surface area contributed by atoms with Crippen molar-refractivity contribution in [1.29, 1.82) is 0 Å². The highest BCUT2D eigenvalue weighted by Gasteiger charge is 2.23. The predicted molar refractivity (Wildman–Crippen MR) is 111 cm³/mol. The molecule has 1 atom stereocenters. The van der Waals surface area contributed by atoms with E-state index in [1.165, 1.54) is 7.11 Å². The van der Waals surface area contributed by atoms with Crippen LogP contribution in [-0.2, 0) is 25.5 Å². The van der Waals surface area contributed by atoms with E-state index in [0.717, 1.165) is 5.56 Å². The molecule has 1 heterocycles. The van der Waals surface area contributed by atoms with Crippen LogP contribution in [0.3, 0.4) is 0 Å². The molecule has 2 aromatic carbocycles. The lowest BCUT2D eigenvalue weighted by Gasteiger charge is -2.16. The Balaban J connectivity index is 1.65. The smallest absolute Gasteiger partial charge is 0.339 e. The summed E-state index contributed by atoms with van der Waals surface area (Å²) in [6, 6.07) is 17.2. The highest BCUT2D eigenvalue weighted by molar-refractivity contribution is 6.04. The van der Waals surface area contributed by atoms with Crippen LogP contribution in [0.15, 0.2) is 60.7 Å². The number of aromatic nitrogens is 1. The normalized spacial score (nSPS) is 11.5. The van der Waals surface area contributed by atoms with Gasteiger partial charge < -0.3 is 14.8 Å². The highest BCUT2D eigenvalue weighted by Crippen LogP contribution is 2.19. The number of fused-ring (bicyclic) bond motifs is 1. The fourth-order valence-corrected chi connectivity index (χ4v) is 3.11. The molecular weight excluding hydrogens is 384 g/mol. The van der Waals surface area contributed by atoms with Gasteiger partial charge in [-0.05, 0) is 24.6 Å². The number of esters is 2. The van der Waals surface area contributed by atoms with E-state index < -0.39 is 30.5 Å². The number of aryl methyl sites for hydroxylation is 1. The quantitative estimate of drug-likeness (QED) is 0.606. The van der Waals surface area contributed by atoms with Crippen molar-refractivity contribution < 1.29 is 23.9 Å². The number of para-hydroxylation sites is 1.